The maximum absolute atomic E-state index is 8.88. The van der Waals surface area contributed by atoms with E-state index in [0.29, 0.717) is 0 Å². The molecule has 0 saturated carbocycles. The second-order valence-corrected chi connectivity index (χ2v) is 1.88. The van der Waals surface area contributed by atoms with Gasteiger partial charge in [-0.3, -0.25) is 0 Å². The van der Waals surface area contributed by atoms with Gasteiger partial charge in [-0.1, -0.05) is 0 Å². The summed E-state index contributed by atoms with van der Waals surface area (Å²) in [6.07, 6.45) is 0. The Hall–Kier alpha value is 0.931. The molecule has 0 aromatic carbocycles. The standard InChI is InChI=1S/Co.H3O4P.2O.Ti/c;1-5(2,3)4;;;/h;(H3,1,2,3,4);;;. The summed E-state index contributed by atoms with van der Waals surface area (Å²) < 4.78 is 25.9. The van der Waals surface area contributed by atoms with Crippen molar-refractivity contribution in [2.75, 3.05) is 0 Å². The fourth-order valence-electron chi connectivity index (χ4n) is 0. The van der Waals surface area contributed by atoms with Gasteiger partial charge < -0.3 is 14.7 Å². The first-order valence-electron chi connectivity index (χ1n) is 1.19. The Morgan fingerprint density at radius 1 is 1.11 bits per heavy atom. The van der Waals surface area contributed by atoms with Gasteiger partial charge in [-0.05, 0) is 0 Å². The summed E-state index contributed by atoms with van der Waals surface area (Å²) in [5.41, 5.74) is 0. The molecule has 9 heteroatoms. The van der Waals surface area contributed by atoms with Crippen LogP contribution in [0.15, 0.2) is 0 Å². The molecule has 6 nitrogen and oxygen atoms in total. The molecular weight excluding hydrogens is 234 g/mol. The van der Waals surface area contributed by atoms with Crippen molar-refractivity contribution in [3.63, 3.8) is 0 Å². The molecule has 0 spiro atoms. The summed E-state index contributed by atoms with van der Waals surface area (Å²) in [4.78, 5) is 21.6. The third-order valence-electron chi connectivity index (χ3n) is 0. The van der Waals surface area contributed by atoms with Crippen LogP contribution in [0, 0.1) is 0 Å². The Kier molecular flexibility index (Phi) is 16.4. The van der Waals surface area contributed by atoms with Crippen molar-refractivity contribution in [1.82, 2.24) is 0 Å². The topological polar surface area (TPSA) is 112 Å². The van der Waals surface area contributed by atoms with Crippen LogP contribution in [0.3, 0.4) is 0 Å². The first kappa shape index (κ1) is 16.5. The molecule has 0 aliphatic carbocycles. The van der Waals surface area contributed by atoms with Gasteiger partial charge in [0.05, 0.1) is 0 Å². The van der Waals surface area contributed by atoms with Crippen LogP contribution in [-0.2, 0) is 47.1 Å². The van der Waals surface area contributed by atoms with Crippen molar-refractivity contribution in [3.8, 4) is 0 Å². The van der Waals surface area contributed by atoms with Crippen LogP contribution in [0.5, 0.6) is 0 Å². The van der Waals surface area contributed by atoms with E-state index in [0.717, 1.165) is 0 Å². The van der Waals surface area contributed by atoms with Crippen LogP contribution in [0.4, 0.5) is 0 Å². The minimum atomic E-state index is -4.64. The van der Waals surface area contributed by atoms with Crippen LogP contribution < -0.4 is 0 Å². The van der Waals surface area contributed by atoms with E-state index in [1.807, 2.05) is 0 Å². The van der Waals surface area contributed by atoms with E-state index in [4.69, 9.17) is 25.9 Å². The molecule has 0 aromatic rings. The summed E-state index contributed by atoms with van der Waals surface area (Å²) >= 11 is -2.00. The Morgan fingerprint density at radius 2 is 1.11 bits per heavy atom. The quantitative estimate of drug-likeness (QED) is 0.361. The van der Waals surface area contributed by atoms with Gasteiger partial charge in [0.2, 0.25) is 0 Å². The molecule has 57 valence electrons. The molecule has 0 fully saturated rings. The van der Waals surface area contributed by atoms with Crippen LogP contribution in [-0.4, -0.2) is 14.7 Å². The second kappa shape index (κ2) is 8.93. The summed E-state index contributed by atoms with van der Waals surface area (Å²) in [5.74, 6) is 0. The molecule has 0 heterocycles. The second-order valence-electron chi connectivity index (χ2n) is 0.597. The van der Waals surface area contributed by atoms with E-state index in [1.165, 1.54) is 0 Å². The molecule has 1 radical (unpaired) electrons. The van der Waals surface area contributed by atoms with Crippen molar-refractivity contribution >= 4 is 7.82 Å². The maximum atomic E-state index is 8.88. The van der Waals surface area contributed by atoms with E-state index >= 15 is 0 Å². The monoisotopic (exact) mass is 237 g/mol. The predicted molar refractivity (Wildman–Crippen MR) is 15.6 cm³/mol. The molecule has 0 bridgehead atoms. The van der Waals surface area contributed by atoms with Crippen LogP contribution in [0.1, 0.15) is 0 Å². The number of phosphoric acid groups is 1. The van der Waals surface area contributed by atoms with E-state index in [-0.39, 0.29) is 16.8 Å². The molecule has 0 saturated heterocycles. The molecule has 3 N–H and O–H groups in total. The average molecular weight is 237 g/mol. The van der Waals surface area contributed by atoms with Gasteiger partial charge in [0.15, 0.2) is 0 Å². The molecule has 0 amide bonds. The van der Waals surface area contributed by atoms with Gasteiger partial charge in [-0.15, -0.1) is 0 Å². The normalized spacial score (nSPS) is 7.44. The summed E-state index contributed by atoms with van der Waals surface area (Å²) in [7, 11) is -4.64. The molecule has 9 heavy (non-hydrogen) atoms. The van der Waals surface area contributed by atoms with Crippen molar-refractivity contribution in [2.45, 2.75) is 0 Å². The molecule has 0 aliphatic rings. The summed E-state index contributed by atoms with van der Waals surface area (Å²) in [6, 6.07) is 0. The SMILES string of the molecule is O=P(O)(O)O.[Co].[O]=[Ti]=[O]. The fourth-order valence-corrected chi connectivity index (χ4v) is 0. The Balaban J connectivity index is -0.0000000800. The van der Waals surface area contributed by atoms with Crippen molar-refractivity contribution in [2.24, 2.45) is 0 Å². The van der Waals surface area contributed by atoms with E-state index in [1.54, 1.807) is 0 Å². The van der Waals surface area contributed by atoms with Crippen LogP contribution in [0.25, 0.3) is 0 Å². The zero-order valence-electron chi connectivity index (χ0n) is 3.85. The Labute approximate surface area is 69.7 Å². The molecule has 0 unspecified atom stereocenters. The molecule has 0 atom stereocenters. The molecule has 0 rings (SSSR count). The number of hydrogen-bond acceptors (Lipinski definition) is 3. The van der Waals surface area contributed by atoms with Gasteiger partial charge in [-0.2, -0.15) is 0 Å². The Morgan fingerprint density at radius 3 is 1.11 bits per heavy atom. The van der Waals surface area contributed by atoms with Crippen molar-refractivity contribution in [3.05, 3.63) is 0 Å². The van der Waals surface area contributed by atoms with Gasteiger partial charge in [-0.25, -0.2) is 4.57 Å². The predicted octanol–water partition coefficient (Wildman–Crippen LogP) is -1.17. The zero-order chi connectivity index (χ0) is 7.21. The van der Waals surface area contributed by atoms with Gasteiger partial charge in [0, 0.05) is 16.8 Å². The summed E-state index contributed by atoms with van der Waals surface area (Å²) in [5, 5.41) is 0. The molecule has 0 aliphatic heterocycles. The van der Waals surface area contributed by atoms with E-state index < -0.39 is 26.9 Å². The van der Waals surface area contributed by atoms with Gasteiger partial charge in [0.25, 0.3) is 0 Å². The van der Waals surface area contributed by atoms with Crippen LogP contribution >= 0.6 is 7.82 Å². The van der Waals surface area contributed by atoms with Crippen LogP contribution in [0.2, 0.25) is 0 Å². The van der Waals surface area contributed by atoms with E-state index in [9.17, 15) is 0 Å². The zero-order valence-corrected chi connectivity index (χ0v) is 7.34. The first-order chi connectivity index (χ1) is 3.41. The van der Waals surface area contributed by atoms with Gasteiger partial charge in [0.1, 0.15) is 0 Å². The summed E-state index contributed by atoms with van der Waals surface area (Å²) in [6.45, 7) is 0. The molecule has 0 aromatic heterocycles. The Bertz CT molecular complexity index is 111. The number of hydrogen-bond donors (Lipinski definition) is 3. The number of rotatable bonds is 0. The third-order valence-corrected chi connectivity index (χ3v) is 0. The fraction of sp³-hybridized carbons (Fsp3) is 0. The van der Waals surface area contributed by atoms with E-state index in [2.05, 4.69) is 0 Å². The van der Waals surface area contributed by atoms with Crippen molar-refractivity contribution < 1.29 is 61.8 Å². The average Bonchev–Trinajstić information content (AvgIpc) is 1.27. The van der Waals surface area contributed by atoms with Gasteiger partial charge >= 0.3 is 33.6 Å². The minimum absolute atomic E-state index is 0. The first-order valence-corrected chi connectivity index (χ1v) is 4.03. The third kappa shape index (κ3) is 495. The molecular formula is H3CoO6PTi. The van der Waals surface area contributed by atoms with Crippen molar-refractivity contribution in [1.29, 1.82) is 0 Å².